The number of amides is 3. The van der Waals surface area contributed by atoms with Crippen LogP contribution in [0.5, 0.6) is 5.75 Å². The molecule has 26 heavy (non-hydrogen) atoms. The van der Waals surface area contributed by atoms with E-state index in [0.29, 0.717) is 25.3 Å². The molecule has 0 saturated carbocycles. The zero-order chi connectivity index (χ0) is 18.4. The molecule has 1 fully saturated rings. The average Bonchev–Trinajstić information content (AvgIpc) is 3.02. The number of methoxy groups -OCH3 is 1. The predicted molar refractivity (Wildman–Crippen MR) is 100 cm³/mol. The van der Waals surface area contributed by atoms with Crippen LogP contribution >= 0.6 is 0 Å². The van der Waals surface area contributed by atoms with Crippen LogP contribution in [0.4, 0.5) is 10.5 Å². The lowest BCUT2D eigenvalue weighted by atomic mass is 10.1. The van der Waals surface area contributed by atoms with Crippen molar-refractivity contribution in [3.63, 3.8) is 0 Å². The number of ether oxygens (including phenoxy) is 1. The molecule has 0 aliphatic carbocycles. The monoisotopic (exact) mass is 353 g/mol. The number of hydrogen-bond acceptors (Lipinski definition) is 3. The Hall–Kier alpha value is -3.02. The second-order valence-electron chi connectivity index (χ2n) is 6.24. The molecule has 0 spiro atoms. The van der Waals surface area contributed by atoms with E-state index < -0.39 is 0 Å². The number of carbonyl (C=O) groups excluding carboxylic acids is 2. The molecular formula is C20H23N3O3. The molecular weight excluding hydrogens is 330 g/mol. The molecule has 2 aromatic rings. The Balaban J connectivity index is 1.48. The van der Waals surface area contributed by atoms with Crippen molar-refractivity contribution >= 4 is 17.6 Å². The normalized spacial score (nSPS) is 16.4. The van der Waals surface area contributed by atoms with Crippen LogP contribution in [0.25, 0.3) is 0 Å². The molecule has 6 heteroatoms. The van der Waals surface area contributed by atoms with Crippen molar-refractivity contribution in [2.24, 2.45) is 0 Å². The van der Waals surface area contributed by atoms with E-state index in [1.54, 1.807) is 12.0 Å². The number of anilines is 1. The summed E-state index contributed by atoms with van der Waals surface area (Å²) in [4.78, 5) is 26.0. The maximum absolute atomic E-state index is 12.3. The fourth-order valence-corrected chi connectivity index (χ4v) is 3.03. The molecule has 3 rings (SSSR count). The highest BCUT2D eigenvalue weighted by Crippen LogP contribution is 2.25. The van der Waals surface area contributed by atoms with Crippen molar-refractivity contribution in [2.45, 2.75) is 18.9 Å². The van der Waals surface area contributed by atoms with Crippen molar-refractivity contribution in [1.82, 2.24) is 10.6 Å². The van der Waals surface area contributed by atoms with Crippen molar-refractivity contribution in [1.29, 1.82) is 0 Å². The second-order valence-corrected chi connectivity index (χ2v) is 6.24. The molecule has 6 nitrogen and oxygen atoms in total. The molecule has 3 amide bonds. The van der Waals surface area contributed by atoms with Gasteiger partial charge in [0, 0.05) is 31.3 Å². The van der Waals surface area contributed by atoms with Gasteiger partial charge in [-0.15, -0.1) is 0 Å². The first kappa shape index (κ1) is 17.8. The van der Waals surface area contributed by atoms with Gasteiger partial charge in [0.05, 0.1) is 13.2 Å². The van der Waals surface area contributed by atoms with Gasteiger partial charge in [-0.3, -0.25) is 4.79 Å². The molecule has 0 unspecified atom stereocenters. The maximum Gasteiger partial charge on any atom is 0.315 e. The summed E-state index contributed by atoms with van der Waals surface area (Å²) in [7, 11) is 1.59. The Kier molecular flexibility index (Phi) is 5.73. The molecule has 1 aliphatic heterocycles. The molecule has 1 heterocycles. The molecule has 2 N–H and O–H groups in total. The minimum atomic E-state index is -0.244. The lowest BCUT2D eigenvalue weighted by Crippen LogP contribution is -2.43. The standard InChI is InChI=1S/C20H23N3O3/c1-26-18-9-5-8-17(13-18)23-14-16(12-19(23)24)22-20(25)21-11-10-15-6-3-2-4-7-15/h2-9,13,16H,10-12,14H2,1H3,(H2,21,22,25)/t16-/m0/s1. The fraction of sp³-hybridized carbons (Fsp3) is 0.300. The highest BCUT2D eigenvalue weighted by molar-refractivity contribution is 5.97. The van der Waals surface area contributed by atoms with Crippen LogP contribution in [0.3, 0.4) is 0 Å². The number of rotatable bonds is 6. The summed E-state index contributed by atoms with van der Waals surface area (Å²) in [6.07, 6.45) is 1.07. The Morgan fingerprint density at radius 2 is 2.00 bits per heavy atom. The van der Waals surface area contributed by atoms with Gasteiger partial charge in [-0.05, 0) is 24.1 Å². The molecule has 0 bridgehead atoms. The maximum atomic E-state index is 12.3. The van der Waals surface area contributed by atoms with Crippen LogP contribution in [0, 0.1) is 0 Å². The third kappa shape index (κ3) is 4.53. The van der Waals surface area contributed by atoms with Crippen LogP contribution in [-0.2, 0) is 11.2 Å². The lowest BCUT2D eigenvalue weighted by Gasteiger charge is -2.18. The van der Waals surface area contributed by atoms with E-state index in [0.717, 1.165) is 12.1 Å². The van der Waals surface area contributed by atoms with Crippen LogP contribution in [0.15, 0.2) is 54.6 Å². The third-order valence-electron chi connectivity index (χ3n) is 4.37. The molecule has 0 radical (unpaired) electrons. The first-order valence-corrected chi connectivity index (χ1v) is 8.68. The number of nitrogens with zero attached hydrogens (tertiary/aromatic N) is 1. The van der Waals surface area contributed by atoms with Crippen LogP contribution in [0.1, 0.15) is 12.0 Å². The zero-order valence-electron chi connectivity index (χ0n) is 14.8. The highest BCUT2D eigenvalue weighted by atomic mass is 16.5. The van der Waals surface area contributed by atoms with Crippen molar-refractivity contribution in [2.75, 3.05) is 25.1 Å². The summed E-state index contributed by atoms with van der Waals surface area (Å²) in [5.74, 6) is 0.693. The van der Waals surface area contributed by atoms with E-state index in [9.17, 15) is 9.59 Å². The van der Waals surface area contributed by atoms with Gasteiger partial charge in [-0.2, -0.15) is 0 Å². The summed E-state index contributed by atoms with van der Waals surface area (Å²) in [6.45, 7) is 1.01. The number of urea groups is 1. The van der Waals surface area contributed by atoms with Gasteiger partial charge in [-0.1, -0.05) is 36.4 Å². The summed E-state index contributed by atoms with van der Waals surface area (Å²) >= 11 is 0. The third-order valence-corrected chi connectivity index (χ3v) is 4.37. The molecule has 1 aliphatic rings. The Morgan fingerprint density at radius 1 is 1.19 bits per heavy atom. The van der Waals surface area contributed by atoms with Crippen LogP contribution in [-0.4, -0.2) is 38.2 Å². The zero-order valence-corrected chi connectivity index (χ0v) is 14.8. The Bertz CT molecular complexity index is 764. The van der Waals surface area contributed by atoms with Gasteiger partial charge in [0.25, 0.3) is 0 Å². The smallest absolute Gasteiger partial charge is 0.315 e. The van der Waals surface area contributed by atoms with Gasteiger partial charge in [0.1, 0.15) is 5.75 Å². The number of benzene rings is 2. The minimum absolute atomic E-state index is 0.00663. The summed E-state index contributed by atoms with van der Waals surface area (Å²) in [5.41, 5.74) is 1.95. The Labute approximate surface area is 153 Å². The van der Waals surface area contributed by atoms with Gasteiger partial charge in [0.2, 0.25) is 5.91 Å². The van der Waals surface area contributed by atoms with E-state index in [-0.39, 0.29) is 18.0 Å². The number of nitrogens with one attached hydrogen (secondary N) is 2. The Morgan fingerprint density at radius 3 is 2.77 bits per heavy atom. The molecule has 1 saturated heterocycles. The number of carbonyl (C=O) groups is 2. The molecule has 136 valence electrons. The topological polar surface area (TPSA) is 70.7 Å². The van der Waals surface area contributed by atoms with Crippen molar-refractivity contribution in [3.8, 4) is 5.75 Å². The van der Waals surface area contributed by atoms with E-state index >= 15 is 0 Å². The predicted octanol–water partition coefficient (Wildman–Crippen LogP) is 2.34. The first-order chi connectivity index (χ1) is 12.7. The van der Waals surface area contributed by atoms with Gasteiger partial charge in [-0.25, -0.2) is 4.79 Å². The van der Waals surface area contributed by atoms with Crippen molar-refractivity contribution < 1.29 is 14.3 Å². The van der Waals surface area contributed by atoms with E-state index in [4.69, 9.17) is 4.74 Å². The van der Waals surface area contributed by atoms with Crippen LogP contribution in [0.2, 0.25) is 0 Å². The first-order valence-electron chi connectivity index (χ1n) is 8.68. The van der Waals surface area contributed by atoms with E-state index in [1.165, 1.54) is 5.56 Å². The molecule has 0 aromatic heterocycles. The minimum Gasteiger partial charge on any atom is -0.497 e. The lowest BCUT2D eigenvalue weighted by molar-refractivity contribution is -0.117. The quantitative estimate of drug-likeness (QED) is 0.837. The fourth-order valence-electron chi connectivity index (χ4n) is 3.03. The van der Waals surface area contributed by atoms with E-state index in [1.807, 2.05) is 54.6 Å². The van der Waals surface area contributed by atoms with Gasteiger partial charge in [0.15, 0.2) is 0 Å². The number of hydrogen-bond donors (Lipinski definition) is 2. The molecule has 2 aromatic carbocycles. The van der Waals surface area contributed by atoms with Crippen LogP contribution < -0.4 is 20.3 Å². The average molecular weight is 353 g/mol. The highest BCUT2D eigenvalue weighted by Gasteiger charge is 2.31. The molecule has 1 atom stereocenters. The van der Waals surface area contributed by atoms with Crippen molar-refractivity contribution in [3.05, 3.63) is 60.2 Å². The van der Waals surface area contributed by atoms with Gasteiger partial charge < -0.3 is 20.3 Å². The van der Waals surface area contributed by atoms with Gasteiger partial charge >= 0.3 is 6.03 Å². The summed E-state index contributed by atoms with van der Waals surface area (Å²) in [5, 5.41) is 5.73. The summed E-state index contributed by atoms with van der Waals surface area (Å²) in [6, 6.07) is 16.9. The second kappa shape index (κ2) is 8.38. The summed E-state index contributed by atoms with van der Waals surface area (Å²) < 4.78 is 5.20. The largest absolute Gasteiger partial charge is 0.497 e. The SMILES string of the molecule is COc1cccc(N2C[C@@H](NC(=O)NCCc3ccccc3)CC2=O)c1. The van der Waals surface area contributed by atoms with E-state index in [2.05, 4.69) is 10.6 Å².